The van der Waals surface area contributed by atoms with E-state index in [1.165, 1.54) is 4.74 Å². The van der Waals surface area contributed by atoms with Crippen molar-refractivity contribution in [2.45, 2.75) is 30.4 Å². The number of ether oxygens (including phenoxy) is 2. The smallest absolute Gasteiger partial charge is 0.398 e. The van der Waals surface area contributed by atoms with Crippen LogP contribution < -0.4 is 0 Å². The number of hydrogen-bond acceptors (Lipinski definition) is 2. The number of alkyl halides is 11. The molecule has 0 spiro atoms. The molecule has 0 aromatic heterocycles. The van der Waals surface area contributed by atoms with Crippen LogP contribution in [0.1, 0.15) is 0 Å². The van der Waals surface area contributed by atoms with Crippen LogP contribution in [0.25, 0.3) is 0 Å². The lowest BCUT2D eigenvalue weighted by Crippen LogP contribution is -2.62. The lowest BCUT2D eigenvalue weighted by atomic mass is 10.2. The summed E-state index contributed by atoms with van der Waals surface area (Å²) in [7, 11) is 0. The molecule has 0 amide bonds. The highest BCUT2D eigenvalue weighted by atomic mass is 19.4. The standard InChI is InChI=1S/C7F14O2/c8-1(9)2(10)22-6(18,19)3(11,4(12,13)14)23-7(20,21)5(15,16)17. The first-order valence-corrected chi connectivity index (χ1v) is 4.46. The van der Waals surface area contributed by atoms with Gasteiger partial charge in [-0.1, -0.05) is 0 Å². The summed E-state index contributed by atoms with van der Waals surface area (Å²) in [6.07, 6.45) is -32.7. The second kappa shape index (κ2) is 5.86. The van der Waals surface area contributed by atoms with Gasteiger partial charge >= 0.3 is 42.5 Å². The molecule has 0 aliphatic rings. The molecule has 0 fully saturated rings. The van der Waals surface area contributed by atoms with Crippen molar-refractivity contribution in [2.75, 3.05) is 0 Å². The zero-order valence-electron chi connectivity index (χ0n) is 9.61. The Labute approximate surface area is 115 Å². The molecule has 0 saturated heterocycles. The van der Waals surface area contributed by atoms with E-state index in [4.69, 9.17) is 0 Å². The molecule has 0 rings (SSSR count). The summed E-state index contributed by atoms with van der Waals surface area (Å²) >= 11 is 0. The molecular formula is C7F14O2. The van der Waals surface area contributed by atoms with Crippen LogP contribution in [0.3, 0.4) is 0 Å². The summed E-state index contributed by atoms with van der Waals surface area (Å²) in [6.45, 7) is 0. The van der Waals surface area contributed by atoms with Crippen molar-refractivity contribution >= 4 is 0 Å². The molecule has 0 heterocycles. The van der Waals surface area contributed by atoms with E-state index < -0.39 is 42.5 Å². The molecule has 0 radical (unpaired) electrons. The summed E-state index contributed by atoms with van der Waals surface area (Å²) in [6, 6.07) is -3.87. The zero-order valence-corrected chi connectivity index (χ0v) is 9.61. The molecule has 0 aliphatic carbocycles. The van der Waals surface area contributed by atoms with Crippen molar-refractivity contribution in [2.24, 2.45) is 0 Å². The minimum Gasteiger partial charge on any atom is -0.398 e. The van der Waals surface area contributed by atoms with Gasteiger partial charge in [-0.3, -0.25) is 4.74 Å². The first-order chi connectivity index (χ1) is 9.78. The van der Waals surface area contributed by atoms with Crippen LogP contribution in [0.2, 0.25) is 0 Å². The molecule has 16 heteroatoms. The highest BCUT2D eigenvalue weighted by Crippen LogP contribution is 2.52. The van der Waals surface area contributed by atoms with Gasteiger partial charge in [0, 0.05) is 0 Å². The third kappa shape index (κ3) is 4.29. The first kappa shape index (κ1) is 21.5. The van der Waals surface area contributed by atoms with Gasteiger partial charge in [0.05, 0.1) is 0 Å². The Bertz CT molecular complexity index is 457. The Morgan fingerprint density at radius 1 is 0.565 bits per heavy atom. The molecule has 1 unspecified atom stereocenters. The average molecular weight is 382 g/mol. The summed E-state index contributed by atoms with van der Waals surface area (Å²) < 4.78 is 172. The van der Waals surface area contributed by atoms with Gasteiger partial charge in [-0.2, -0.15) is 61.5 Å². The molecule has 23 heavy (non-hydrogen) atoms. The lowest BCUT2D eigenvalue weighted by molar-refractivity contribution is -0.526. The van der Waals surface area contributed by atoms with Gasteiger partial charge in [0.15, 0.2) is 0 Å². The summed E-state index contributed by atoms with van der Waals surface area (Å²) in [5.41, 5.74) is 0. The van der Waals surface area contributed by atoms with Crippen molar-refractivity contribution in [1.82, 2.24) is 0 Å². The molecule has 2 nitrogen and oxygen atoms in total. The Hall–Kier alpha value is -1.48. The van der Waals surface area contributed by atoms with Crippen LogP contribution in [0, 0.1) is 0 Å². The number of halogens is 14. The molecule has 0 aromatic rings. The zero-order chi connectivity index (χ0) is 19.1. The Morgan fingerprint density at radius 2 is 0.957 bits per heavy atom. The highest BCUT2D eigenvalue weighted by Gasteiger charge is 2.81. The Balaban J connectivity index is 6.01. The van der Waals surface area contributed by atoms with Crippen LogP contribution in [0.5, 0.6) is 0 Å². The van der Waals surface area contributed by atoms with Crippen LogP contribution in [0.15, 0.2) is 12.1 Å². The fraction of sp³-hybridized carbons (Fsp3) is 0.714. The summed E-state index contributed by atoms with van der Waals surface area (Å²) in [4.78, 5) is 0. The van der Waals surface area contributed by atoms with E-state index in [0.29, 0.717) is 0 Å². The Morgan fingerprint density at radius 3 is 1.22 bits per heavy atom. The SMILES string of the molecule is FC(F)=C(F)OC(F)(F)C(F)(OC(F)(F)C(F)(F)F)C(F)(F)F. The van der Waals surface area contributed by atoms with Crippen molar-refractivity contribution < 1.29 is 70.9 Å². The molecular weight excluding hydrogens is 382 g/mol. The van der Waals surface area contributed by atoms with Crippen LogP contribution >= 0.6 is 0 Å². The first-order valence-electron chi connectivity index (χ1n) is 4.46. The maximum Gasteiger partial charge on any atom is 0.483 e. The highest BCUT2D eigenvalue weighted by molar-refractivity contribution is 4.93. The van der Waals surface area contributed by atoms with E-state index in [0.717, 1.165) is 0 Å². The van der Waals surface area contributed by atoms with E-state index >= 15 is 0 Å². The topological polar surface area (TPSA) is 18.5 Å². The molecule has 0 saturated carbocycles. The van der Waals surface area contributed by atoms with Crippen LogP contribution in [-0.4, -0.2) is 30.4 Å². The van der Waals surface area contributed by atoms with E-state index in [9.17, 15) is 61.5 Å². The molecule has 0 N–H and O–H groups in total. The minimum atomic E-state index is -7.39. The molecule has 138 valence electrons. The van der Waals surface area contributed by atoms with E-state index in [2.05, 4.69) is 0 Å². The molecule has 0 aliphatic heterocycles. The van der Waals surface area contributed by atoms with Crippen molar-refractivity contribution in [3.8, 4) is 0 Å². The monoisotopic (exact) mass is 382 g/mol. The predicted molar refractivity (Wildman–Crippen MR) is 38.4 cm³/mol. The van der Waals surface area contributed by atoms with Crippen LogP contribution in [0.4, 0.5) is 61.5 Å². The largest absolute Gasteiger partial charge is 0.483 e. The van der Waals surface area contributed by atoms with Crippen LogP contribution in [-0.2, 0) is 9.47 Å². The second-order valence-corrected chi connectivity index (χ2v) is 3.36. The predicted octanol–water partition coefficient (Wildman–Crippen LogP) is 5.03. The maximum atomic E-state index is 13.1. The van der Waals surface area contributed by atoms with Gasteiger partial charge < -0.3 is 4.74 Å². The number of hydrogen-bond donors (Lipinski definition) is 0. The van der Waals surface area contributed by atoms with E-state index in [1.54, 1.807) is 0 Å². The molecule has 0 aromatic carbocycles. The average Bonchev–Trinajstić information content (AvgIpc) is 2.23. The third-order valence-corrected chi connectivity index (χ3v) is 1.70. The van der Waals surface area contributed by atoms with Crippen molar-refractivity contribution in [3.05, 3.63) is 12.1 Å². The normalized spacial score (nSPS) is 16.8. The number of rotatable bonds is 5. The van der Waals surface area contributed by atoms with Gasteiger partial charge in [-0.15, -0.1) is 0 Å². The summed E-state index contributed by atoms with van der Waals surface area (Å²) in [5, 5.41) is 0. The Kier molecular flexibility index (Phi) is 5.49. The fourth-order valence-electron chi connectivity index (χ4n) is 0.734. The third-order valence-electron chi connectivity index (χ3n) is 1.70. The van der Waals surface area contributed by atoms with Gasteiger partial charge in [0.1, 0.15) is 0 Å². The lowest BCUT2D eigenvalue weighted by Gasteiger charge is -2.35. The van der Waals surface area contributed by atoms with Gasteiger partial charge in [0.2, 0.25) is 0 Å². The molecule has 1 atom stereocenters. The maximum absolute atomic E-state index is 13.1. The van der Waals surface area contributed by atoms with Gasteiger partial charge in [-0.25, -0.2) is 0 Å². The van der Waals surface area contributed by atoms with Gasteiger partial charge in [-0.05, 0) is 0 Å². The fourth-order valence-corrected chi connectivity index (χ4v) is 0.734. The van der Waals surface area contributed by atoms with E-state index in [1.807, 2.05) is 4.74 Å². The summed E-state index contributed by atoms with van der Waals surface area (Å²) in [5.74, 6) is -7.34. The molecule has 0 bridgehead atoms. The quantitative estimate of drug-likeness (QED) is 0.491. The van der Waals surface area contributed by atoms with Crippen molar-refractivity contribution in [3.63, 3.8) is 0 Å². The second-order valence-electron chi connectivity index (χ2n) is 3.36. The van der Waals surface area contributed by atoms with E-state index in [-0.39, 0.29) is 0 Å². The minimum absolute atomic E-state index is 1.44. The van der Waals surface area contributed by atoms with Crippen molar-refractivity contribution in [1.29, 1.82) is 0 Å². The van der Waals surface area contributed by atoms with Gasteiger partial charge in [0.25, 0.3) is 0 Å².